The van der Waals surface area contributed by atoms with E-state index in [0.29, 0.717) is 5.75 Å². The van der Waals surface area contributed by atoms with E-state index in [1.165, 1.54) is 5.69 Å². The summed E-state index contributed by atoms with van der Waals surface area (Å²) in [7, 11) is 1.65. The van der Waals surface area contributed by atoms with Crippen LogP contribution in [0.5, 0.6) is 5.75 Å². The van der Waals surface area contributed by atoms with Crippen LogP contribution in [0.2, 0.25) is 0 Å². The molecule has 1 aliphatic heterocycles. The van der Waals surface area contributed by atoms with Crippen molar-refractivity contribution in [3.05, 3.63) is 54.6 Å². The molecule has 4 nitrogen and oxygen atoms in total. The summed E-state index contributed by atoms with van der Waals surface area (Å²) in [5, 5.41) is 3.17. The van der Waals surface area contributed by atoms with Gasteiger partial charge in [-0.1, -0.05) is 18.2 Å². The van der Waals surface area contributed by atoms with E-state index in [-0.39, 0.29) is 11.9 Å². The van der Waals surface area contributed by atoms with Gasteiger partial charge in [0.1, 0.15) is 5.75 Å². The predicted octanol–water partition coefficient (Wildman–Crippen LogP) is 3.57. The minimum Gasteiger partial charge on any atom is -0.497 e. The number of anilines is 1. The number of methoxy groups -OCH3 is 1. The Morgan fingerprint density at radius 1 is 1.12 bits per heavy atom. The third kappa shape index (κ3) is 5.16. The van der Waals surface area contributed by atoms with Crippen LogP contribution in [0.3, 0.4) is 0 Å². The van der Waals surface area contributed by atoms with Crippen LogP contribution in [0.4, 0.5) is 5.69 Å². The van der Waals surface area contributed by atoms with E-state index in [9.17, 15) is 4.79 Å². The van der Waals surface area contributed by atoms with Crippen molar-refractivity contribution in [2.45, 2.75) is 23.8 Å². The third-order valence-corrected chi connectivity index (χ3v) is 5.42. The van der Waals surface area contributed by atoms with Gasteiger partial charge in [0, 0.05) is 29.7 Å². The quantitative estimate of drug-likeness (QED) is 0.804. The largest absolute Gasteiger partial charge is 0.497 e. The number of carbonyl (C=O) groups is 1. The molecule has 1 amide bonds. The summed E-state index contributed by atoms with van der Waals surface area (Å²) >= 11 is 1.56. The fourth-order valence-electron chi connectivity index (χ4n) is 3.01. The zero-order valence-electron chi connectivity index (χ0n) is 14.5. The molecule has 1 saturated heterocycles. The lowest BCUT2D eigenvalue weighted by atomic mass is 10.0. The van der Waals surface area contributed by atoms with Crippen molar-refractivity contribution in [3.63, 3.8) is 0 Å². The van der Waals surface area contributed by atoms with Crippen LogP contribution in [0.15, 0.2) is 59.5 Å². The number of hydrogen-bond acceptors (Lipinski definition) is 4. The molecule has 0 aromatic heterocycles. The lowest BCUT2D eigenvalue weighted by molar-refractivity contribution is -0.119. The topological polar surface area (TPSA) is 41.6 Å². The predicted molar refractivity (Wildman–Crippen MR) is 104 cm³/mol. The Balaban J connectivity index is 1.40. The Morgan fingerprint density at radius 2 is 1.80 bits per heavy atom. The van der Waals surface area contributed by atoms with Gasteiger partial charge in [-0.2, -0.15) is 0 Å². The van der Waals surface area contributed by atoms with Gasteiger partial charge >= 0.3 is 0 Å². The molecule has 1 fully saturated rings. The second-order valence-electron chi connectivity index (χ2n) is 6.13. The highest BCUT2D eigenvalue weighted by Gasteiger charge is 2.20. The lowest BCUT2D eigenvalue weighted by Gasteiger charge is -2.34. The van der Waals surface area contributed by atoms with Gasteiger partial charge in [0.05, 0.1) is 12.9 Å². The summed E-state index contributed by atoms with van der Waals surface area (Å²) in [6.45, 7) is 1.97. The van der Waals surface area contributed by atoms with Crippen molar-refractivity contribution in [1.29, 1.82) is 0 Å². The van der Waals surface area contributed by atoms with Gasteiger partial charge in [0.15, 0.2) is 0 Å². The second kappa shape index (κ2) is 8.81. The maximum Gasteiger partial charge on any atom is 0.230 e. The zero-order valence-corrected chi connectivity index (χ0v) is 15.3. The van der Waals surface area contributed by atoms with Gasteiger partial charge in [-0.05, 0) is 49.2 Å². The highest BCUT2D eigenvalue weighted by molar-refractivity contribution is 8.00. The van der Waals surface area contributed by atoms with Gasteiger partial charge in [0.2, 0.25) is 5.91 Å². The molecule has 0 bridgehead atoms. The average molecular weight is 356 g/mol. The van der Waals surface area contributed by atoms with Crippen molar-refractivity contribution in [1.82, 2.24) is 5.32 Å². The van der Waals surface area contributed by atoms with Gasteiger partial charge in [-0.25, -0.2) is 0 Å². The first-order valence-electron chi connectivity index (χ1n) is 8.61. The molecule has 2 aromatic carbocycles. The van der Waals surface area contributed by atoms with E-state index in [0.717, 1.165) is 36.6 Å². The van der Waals surface area contributed by atoms with Gasteiger partial charge in [0.25, 0.3) is 0 Å². The molecule has 1 heterocycles. The number of amides is 1. The summed E-state index contributed by atoms with van der Waals surface area (Å²) in [6, 6.07) is 18.5. The summed E-state index contributed by atoms with van der Waals surface area (Å²) in [5.41, 5.74) is 1.27. The maximum atomic E-state index is 12.2. The normalized spacial score (nSPS) is 15.0. The number of benzene rings is 2. The van der Waals surface area contributed by atoms with E-state index >= 15 is 0 Å². The SMILES string of the molecule is COc1ccc(SCC(=O)NC2CCN(c3ccccc3)CC2)cc1. The van der Waals surface area contributed by atoms with E-state index in [1.54, 1.807) is 18.9 Å². The highest BCUT2D eigenvalue weighted by atomic mass is 32.2. The van der Waals surface area contributed by atoms with E-state index < -0.39 is 0 Å². The van der Waals surface area contributed by atoms with Crippen LogP contribution < -0.4 is 15.0 Å². The molecule has 2 aromatic rings. The molecule has 132 valence electrons. The van der Waals surface area contributed by atoms with Gasteiger partial charge in [-0.15, -0.1) is 11.8 Å². The van der Waals surface area contributed by atoms with Crippen molar-refractivity contribution < 1.29 is 9.53 Å². The minimum absolute atomic E-state index is 0.110. The number of thioether (sulfide) groups is 1. The van der Waals surface area contributed by atoms with Gasteiger partial charge < -0.3 is 15.0 Å². The van der Waals surface area contributed by atoms with E-state index in [4.69, 9.17) is 4.74 Å². The van der Waals surface area contributed by atoms with Gasteiger partial charge in [-0.3, -0.25) is 4.79 Å². The number of hydrogen-bond donors (Lipinski definition) is 1. The van der Waals surface area contributed by atoms with Crippen LogP contribution in [-0.4, -0.2) is 37.9 Å². The number of carbonyl (C=O) groups excluding carboxylic acids is 1. The van der Waals surface area contributed by atoms with Crippen LogP contribution in [0.1, 0.15) is 12.8 Å². The van der Waals surface area contributed by atoms with Crippen LogP contribution >= 0.6 is 11.8 Å². The molecular formula is C20H24N2O2S. The van der Waals surface area contributed by atoms with Crippen LogP contribution in [0.25, 0.3) is 0 Å². The molecule has 5 heteroatoms. The Labute approximate surface area is 153 Å². The fraction of sp³-hybridized carbons (Fsp3) is 0.350. The van der Waals surface area contributed by atoms with Crippen molar-refractivity contribution in [2.75, 3.05) is 30.9 Å². The van der Waals surface area contributed by atoms with Crippen molar-refractivity contribution >= 4 is 23.4 Å². The number of ether oxygens (including phenoxy) is 1. The number of piperidine rings is 1. The van der Waals surface area contributed by atoms with Crippen LogP contribution in [0, 0.1) is 0 Å². The number of nitrogens with one attached hydrogen (secondary N) is 1. The number of para-hydroxylation sites is 1. The summed E-state index contributed by atoms with van der Waals surface area (Å²) < 4.78 is 5.14. The molecule has 0 aliphatic carbocycles. The first-order chi connectivity index (χ1) is 12.2. The smallest absolute Gasteiger partial charge is 0.230 e. The first kappa shape index (κ1) is 17.7. The molecule has 25 heavy (non-hydrogen) atoms. The van der Waals surface area contributed by atoms with Crippen molar-refractivity contribution in [2.24, 2.45) is 0 Å². The minimum atomic E-state index is 0.110. The van der Waals surface area contributed by atoms with E-state index in [2.05, 4.69) is 34.5 Å². The Kier molecular flexibility index (Phi) is 6.23. The monoisotopic (exact) mass is 356 g/mol. The average Bonchev–Trinajstić information content (AvgIpc) is 2.68. The third-order valence-electron chi connectivity index (χ3n) is 4.41. The molecule has 0 saturated carbocycles. The second-order valence-corrected chi connectivity index (χ2v) is 7.18. The highest BCUT2D eigenvalue weighted by Crippen LogP contribution is 2.22. The Hall–Kier alpha value is -2.14. The molecule has 0 radical (unpaired) electrons. The molecule has 1 N–H and O–H groups in total. The lowest BCUT2D eigenvalue weighted by Crippen LogP contribution is -2.45. The molecule has 0 spiro atoms. The zero-order chi connectivity index (χ0) is 17.5. The van der Waals surface area contributed by atoms with Crippen LogP contribution in [-0.2, 0) is 4.79 Å². The first-order valence-corrected chi connectivity index (χ1v) is 9.59. The molecule has 0 unspecified atom stereocenters. The summed E-state index contributed by atoms with van der Waals surface area (Å²) in [4.78, 5) is 15.7. The maximum absolute atomic E-state index is 12.2. The molecule has 3 rings (SSSR count). The molecule has 0 atom stereocenters. The standard InChI is InChI=1S/C20H24N2O2S/c1-24-18-7-9-19(10-8-18)25-15-20(23)21-16-11-13-22(14-12-16)17-5-3-2-4-6-17/h2-10,16H,11-15H2,1H3,(H,21,23). The van der Waals surface area contributed by atoms with E-state index in [1.807, 2.05) is 30.3 Å². The summed E-state index contributed by atoms with van der Waals surface area (Å²) in [5.74, 6) is 1.39. The Bertz CT molecular complexity index is 668. The number of rotatable bonds is 6. The fourth-order valence-corrected chi connectivity index (χ4v) is 3.72. The molecular weight excluding hydrogens is 332 g/mol. The molecule has 1 aliphatic rings. The Morgan fingerprint density at radius 3 is 2.44 bits per heavy atom. The number of nitrogens with zero attached hydrogens (tertiary/aromatic N) is 1. The summed E-state index contributed by atoms with van der Waals surface area (Å²) in [6.07, 6.45) is 1.99. The van der Waals surface area contributed by atoms with Crippen molar-refractivity contribution in [3.8, 4) is 5.75 Å².